The number of hydrogen-bond acceptors (Lipinski definition) is 5. The van der Waals surface area contributed by atoms with Gasteiger partial charge in [0.05, 0.1) is 15.3 Å². The fourth-order valence-electron chi connectivity index (χ4n) is 8.50. The van der Waals surface area contributed by atoms with Gasteiger partial charge in [-0.25, -0.2) is 16.8 Å². The molecule has 9 heteroatoms. The van der Waals surface area contributed by atoms with Crippen molar-refractivity contribution in [1.82, 2.24) is 13.9 Å². The topological polar surface area (TPSA) is 86.8 Å². The highest BCUT2D eigenvalue weighted by atomic mass is 32.2. The van der Waals surface area contributed by atoms with Crippen molar-refractivity contribution in [1.29, 1.82) is 0 Å². The Hall–Kier alpha value is -4.12. The largest absolute Gasteiger partial charge is 0.300 e. The fourth-order valence-corrected chi connectivity index (χ4v) is 12.4. The molecule has 0 amide bonds. The van der Waals surface area contributed by atoms with Crippen molar-refractivity contribution in [2.24, 2.45) is 0 Å². The van der Waals surface area contributed by atoms with Gasteiger partial charge in [0.25, 0.3) is 0 Å². The Kier molecular flexibility index (Phi) is 15.1. The highest BCUT2D eigenvalue weighted by Gasteiger charge is 2.36. The monoisotopic (exact) mass is 807 g/mol. The second kappa shape index (κ2) is 19.6. The van der Waals surface area contributed by atoms with E-state index in [1.165, 1.54) is 0 Å². The van der Waals surface area contributed by atoms with Crippen LogP contribution < -0.4 is 5.32 Å². The van der Waals surface area contributed by atoms with Gasteiger partial charge in [-0.2, -0.15) is 8.61 Å². The van der Waals surface area contributed by atoms with Gasteiger partial charge < -0.3 is 0 Å². The number of nitrogens with one attached hydrogen (secondary N) is 1. The first-order chi connectivity index (χ1) is 27.2. The first-order valence-electron chi connectivity index (χ1n) is 20.3. The Morgan fingerprint density at radius 2 is 0.789 bits per heavy atom. The standard InChI is InChI=1S/C48H61N3O4S2/c1-8-29-50(56(52,53)46-39(4)33-37(2)34-40(46)5)31-20-21-32-51(57(54,55)47-41(6)35-38(3)36-42(47)7)30-19-18-28-49-48(43-22-12-9-13-23-43,44-24-14-10-15-25-44)45-26-16-11-17-27-45/h9-17,22-27,33-36,49H,8,18-21,28-32H2,1-7H3. The first-order valence-corrected chi connectivity index (χ1v) is 23.2. The SMILES string of the molecule is CCCN(CCCCN(CCCCNC(c1ccccc1)(c1ccccc1)c1ccccc1)S(=O)(=O)c1c(C)cc(C)cc1C)S(=O)(=O)c1c(C)cc(C)cc1C. The summed E-state index contributed by atoms with van der Waals surface area (Å²) in [6, 6.07) is 39.1. The van der Waals surface area contributed by atoms with Crippen molar-refractivity contribution in [3.8, 4) is 0 Å². The van der Waals surface area contributed by atoms with Gasteiger partial charge in [-0.3, -0.25) is 5.32 Å². The number of rotatable bonds is 20. The van der Waals surface area contributed by atoms with Crippen LogP contribution in [0.25, 0.3) is 0 Å². The summed E-state index contributed by atoms with van der Waals surface area (Å²) < 4.78 is 60.3. The van der Waals surface area contributed by atoms with Crippen LogP contribution in [0.2, 0.25) is 0 Å². The van der Waals surface area contributed by atoms with Crippen LogP contribution in [0.4, 0.5) is 0 Å². The lowest BCUT2D eigenvalue weighted by Gasteiger charge is -2.37. The summed E-state index contributed by atoms with van der Waals surface area (Å²) in [6.07, 6.45) is 3.14. The highest BCUT2D eigenvalue weighted by Crippen LogP contribution is 2.37. The zero-order valence-electron chi connectivity index (χ0n) is 34.9. The number of unbranched alkanes of at least 4 members (excludes halogenated alkanes) is 2. The third-order valence-corrected chi connectivity index (χ3v) is 15.2. The molecule has 0 bridgehead atoms. The molecule has 0 radical (unpaired) electrons. The van der Waals surface area contributed by atoms with Gasteiger partial charge in [0.15, 0.2) is 0 Å². The molecule has 5 rings (SSSR count). The van der Waals surface area contributed by atoms with E-state index < -0.39 is 25.6 Å². The van der Waals surface area contributed by atoms with Crippen LogP contribution in [0.1, 0.15) is 89.1 Å². The maximum Gasteiger partial charge on any atom is 0.243 e. The van der Waals surface area contributed by atoms with Crippen LogP contribution in [0, 0.1) is 41.5 Å². The van der Waals surface area contributed by atoms with Crippen molar-refractivity contribution in [3.05, 3.63) is 165 Å². The van der Waals surface area contributed by atoms with Crippen LogP contribution in [-0.2, 0) is 25.6 Å². The second-order valence-corrected chi connectivity index (χ2v) is 19.2. The third-order valence-electron chi connectivity index (χ3n) is 10.8. The minimum Gasteiger partial charge on any atom is -0.300 e. The van der Waals surface area contributed by atoms with E-state index >= 15 is 0 Å². The minimum absolute atomic E-state index is 0.299. The van der Waals surface area contributed by atoms with Gasteiger partial charge >= 0.3 is 0 Å². The van der Waals surface area contributed by atoms with E-state index in [0.29, 0.717) is 68.2 Å². The number of hydrogen-bond donors (Lipinski definition) is 1. The highest BCUT2D eigenvalue weighted by molar-refractivity contribution is 7.89. The lowest BCUT2D eigenvalue weighted by Crippen LogP contribution is -2.45. The summed E-state index contributed by atoms with van der Waals surface area (Å²) in [7, 11) is -7.57. The van der Waals surface area contributed by atoms with Gasteiger partial charge in [-0.15, -0.1) is 0 Å². The molecular formula is C48H61N3O4S2. The molecule has 5 aromatic rings. The average Bonchev–Trinajstić information content (AvgIpc) is 3.16. The Morgan fingerprint density at radius 3 is 1.12 bits per heavy atom. The number of aryl methyl sites for hydroxylation is 6. The molecule has 57 heavy (non-hydrogen) atoms. The number of sulfonamides is 2. The van der Waals surface area contributed by atoms with Gasteiger partial charge in [0.2, 0.25) is 20.0 Å². The molecule has 0 aliphatic heterocycles. The smallest absolute Gasteiger partial charge is 0.243 e. The Balaban J connectivity index is 1.35. The third kappa shape index (κ3) is 10.1. The predicted molar refractivity (Wildman–Crippen MR) is 235 cm³/mol. The molecule has 0 atom stereocenters. The first kappa shape index (κ1) is 44.0. The molecule has 0 spiro atoms. The molecule has 0 saturated carbocycles. The molecule has 7 nitrogen and oxygen atoms in total. The molecule has 0 heterocycles. The Bertz CT molecular complexity index is 2150. The zero-order chi connectivity index (χ0) is 41.2. The van der Waals surface area contributed by atoms with E-state index in [4.69, 9.17) is 0 Å². The van der Waals surface area contributed by atoms with Crippen molar-refractivity contribution in [2.45, 2.75) is 95.9 Å². The van der Waals surface area contributed by atoms with Crippen LogP contribution >= 0.6 is 0 Å². The normalized spacial score (nSPS) is 12.4. The summed E-state index contributed by atoms with van der Waals surface area (Å²) in [4.78, 5) is 0.739. The van der Waals surface area contributed by atoms with E-state index in [2.05, 4.69) is 78.1 Å². The molecule has 0 aliphatic carbocycles. The molecule has 0 fully saturated rings. The summed E-state index contributed by atoms with van der Waals surface area (Å²) >= 11 is 0. The molecule has 0 saturated heterocycles. The second-order valence-electron chi connectivity index (χ2n) is 15.5. The molecule has 0 aromatic heterocycles. The van der Waals surface area contributed by atoms with Crippen molar-refractivity contribution < 1.29 is 16.8 Å². The predicted octanol–water partition coefficient (Wildman–Crippen LogP) is 9.77. The van der Waals surface area contributed by atoms with Crippen molar-refractivity contribution in [2.75, 3.05) is 32.7 Å². The average molecular weight is 808 g/mol. The van der Waals surface area contributed by atoms with E-state index in [9.17, 15) is 16.8 Å². The molecule has 0 aliphatic rings. The van der Waals surface area contributed by atoms with Crippen LogP contribution in [0.5, 0.6) is 0 Å². The summed E-state index contributed by atoms with van der Waals surface area (Å²) in [6.45, 7) is 15.4. The fraction of sp³-hybridized carbons (Fsp3) is 0.375. The summed E-state index contributed by atoms with van der Waals surface area (Å²) in [5, 5.41) is 3.94. The molecular weight excluding hydrogens is 747 g/mol. The zero-order valence-corrected chi connectivity index (χ0v) is 36.5. The molecule has 5 aromatic carbocycles. The van der Waals surface area contributed by atoms with E-state index in [1.807, 2.05) is 90.9 Å². The maximum atomic E-state index is 14.5. The Labute approximate surface area is 343 Å². The van der Waals surface area contributed by atoms with Gasteiger partial charge in [-0.05, 0) is 119 Å². The van der Waals surface area contributed by atoms with Gasteiger partial charge in [0.1, 0.15) is 0 Å². The minimum atomic E-state index is -3.84. The van der Waals surface area contributed by atoms with Crippen LogP contribution in [0.15, 0.2) is 125 Å². The van der Waals surface area contributed by atoms with E-state index in [0.717, 1.165) is 56.5 Å². The molecule has 1 N–H and O–H groups in total. The quantitative estimate of drug-likeness (QED) is 0.0626. The van der Waals surface area contributed by atoms with E-state index in [-0.39, 0.29) is 0 Å². The lowest BCUT2D eigenvalue weighted by atomic mass is 9.77. The number of nitrogens with zero attached hydrogens (tertiary/aromatic N) is 2. The summed E-state index contributed by atoms with van der Waals surface area (Å²) in [5.74, 6) is 0. The van der Waals surface area contributed by atoms with Crippen LogP contribution in [0.3, 0.4) is 0 Å². The summed E-state index contributed by atoms with van der Waals surface area (Å²) in [5.41, 5.74) is 7.81. The van der Waals surface area contributed by atoms with Gasteiger partial charge in [-0.1, -0.05) is 133 Å². The van der Waals surface area contributed by atoms with E-state index in [1.54, 1.807) is 8.61 Å². The van der Waals surface area contributed by atoms with Crippen LogP contribution in [-0.4, -0.2) is 58.2 Å². The lowest BCUT2D eigenvalue weighted by molar-refractivity contribution is 0.359. The molecule has 304 valence electrons. The van der Waals surface area contributed by atoms with Crippen molar-refractivity contribution in [3.63, 3.8) is 0 Å². The number of benzene rings is 5. The van der Waals surface area contributed by atoms with Crippen molar-refractivity contribution >= 4 is 20.0 Å². The Morgan fingerprint density at radius 1 is 0.474 bits per heavy atom. The maximum absolute atomic E-state index is 14.5. The molecule has 0 unspecified atom stereocenters. The van der Waals surface area contributed by atoms with Gasteiger partial charge in [0, 0.05) is 26.2 Å².